The Kier molecular flexibility index (Phi) is 9.28. The molecule has 0 spiro atoms. The molecule has 1 aromatic heterocycles. The number of carbonyl (C=O) groups excluding carboxylic acids is 1. The molecule has 1 N–H and O–H groups in total. The Morgan fingerprint density at radius 1 is 1.17 bits per heavy atom. The lowest BCUT2D eigenvalue weighted by molar-refractivity contribution is -0.112. The molecule has 0 aliphatic carbocycles. The Bertz CT molecular complexity index is 1290. The van der Waals surface area contributed by atoms with Crippen molar-refractivity contribution >= 4 is 40.1 Å². The second-order valence-electron chi connectivity index (χ2n) is 8.18. The number of amides is 1. The van der Waals surface area contributed by atoms with E-state index in [1.165, 1.54) is 24.5 Å². The molecule has 0 bridgehead atoms. The van der Waals surface area contributed by atoms with Crippen LogP contribution in [0.4, 0.5) is 5.13 Å². The Morgan fingerprint density at radius 2 is 1.83 bits per heavy atom. The molecule has 36 heavy (non-hydrogen) atoms. The number of nitriles is 1. The summed E-state index contributed by atoms with van der Waals surface area (Å²) in [5.74, 6) is 1.13. The average molecular weight is 527 g/mol. The highest BCUT2D eigenvalue weighted by Gasteiger charge is 2.16. The zero-order valence-corrected chi connectivity index (χ0v) is 22.3. The maximum absolute atomic E-state index is 12.6. The number of hydrogen-bond acceptors (Lipinski definition) is 8. The van der Waals surface area contributed by atoms with Gasteiger partial charge in [-0.3, -0.25) is 10.1 Å². The van der Waals surface area contributed by atoms with Crippen LogP contribution >= 0.6 is 22.9 Å². The zero-order valence-electron chi connectivity index (χ0n) is 20.7. The largest absolute Gasteiger partial charge is 0.493 e. The van der Waals surface area contributed by atoms with Crippen molar-refractivity contribution in [3.63, 3.8) is 0 Å². The topological polar surface area (TPSA) is 106 Å². The Labute approximate surface area is 219 Å². The summed E-state index contributed by atoms with van der Waals surface area (Å²) in [6.07, 6.45) is 1.42. The number of benzene rings is 2. The van der Waals surface area contributed by atoms with E-state index in [4.69, 9.17) is 25.8 Å². The van der Waals surface area contributed by atoms with Crippen molar-refractivity contribution in [1.29, 1.82) is 5.26 Å². The molecule has 10 heteroatoms. The third-order valence-electron chi connectivity index (χ3n) is 5.07. The van der Waals surface area contributed by atoms with Crippen LogP contribution in [0.2, 0.25) is 5.02 Å². The van der Waals surface area contributed by atoms with Gasteiger partial charge in [-0.1, -0.05) is 55.0 Å². The molecule has 1 heterocycles. The normalized spacial score (nSPS) is 11.2. The molecule has 0 aliphatic heterocycles. The summed E-state index contributed by atoms with van der Waals surface area (Å²) in [6.45, 7) is 8.50. The molecule has 0 unspecified atom stereocenters. The molecule has 3 aromatic rings. The zero-order chi connectivity index (χ0) is 26.2. The minimum Gasteiger partial charge on any atom is -0.493 e. The van der Waals surface area contributed by atoms with E-state index in [1.54, 1.807) is 12.1 Å². The lowest BCUT2D eigenvalue weighted by Crippen LogP contribution is -2.13. The van der Waals surface area contributed by atoms with Gasteiger partial charge in [-0.15, -0.1) is 10.2 Å². The fourth-order valence-corrected chi connectivity index (χ4v) is 4.29. The van der Waals surface area contributed by atoms with E-state index in [9.17, 15) is 10.1 Å². The van der Waals surface area contributed by atoms with Crippen molar-refractivity contribution in [3.8, 4) is 23.3 Å². The number of nitrogens with zero attached hydrogens (tertiary/aromatic N) is 3. The van der Waals surface area contributed by atoms with Gasteiger partial charge in [-0.2, -0.15) is 5.26 Å². The maximum Gasteiger partial charge on any atom is 0.268 e. The van der Waals surface area contributed by atoms with Gasteiger partial charge in [0.2, 0.25) is 5.13 Å². The van der Waals surface area contributed by atoms with Gasteiger partial charge in [0, 0.05) is 5.92 Å². The van der Waals surface area contributed by atoms with E-state index in [0.717, 1.165) is 21.9 Å². The van der Waals surface area contributed by atoms with Crippen molar-refractivity contribution < 1.29 is 19.0 Å². The lowest BCUT2D eigenvalue weighted by atomic mass is 10.1. The van der Waals surface area contributed by atoms with Crippen LogP contribution in [0.5, 0.6) is 17.2 Å². The number of para-hydroxylation sites is 1. The summed E-state index contributed by atoms with van der Waals surface area (Å²) in [4.78, 5) is 12.6. The van der Waals surface area contributed by atoms with Crippen LogP contribution in [0.3, 0.4) is 0 Å². The van der Waals surface area contributed by atoms with E-state index >= 15 is 0 Å². The monoisotopic (exact) mass is 526 g/mol. The molecule has 3 rings (SSSR count). The first-order valence-corrected chi connectivity index (χ1v) is 12.4. The van der Waals surface area contributed by atoms with Gasteiger partial charge in [0.15, 0.2) is 11.5 Å². The summed E-state index contributed by atoms with van der Waals surface area (Å²) in [5.41, 5.74) is 2.48. The predicted octanol–water partition coefficient (Wildman–Crippen LogP) is 5.94. The average Bonchev–Trinajstić information content (AvgIpc) is 3.31. The smallest absolute Gasteiger partial charge is 0.268 e. The Morgan fingerprint density at radius 3 is 2.42 bits per heavy atom. The van der Waals surface area contributed by atoms with Crippen LogP contribution in [0.15, 0.2) is 35.9 Å². The molecule has 8 nitrogen and oxygen atoms in total. The minimum atomic E-state index is -0.594. The molecular weight excluding hydrogens is 500 g/mol. The first kappa shape index (κ1) is 27.0. The fraction of sp³-hybridized carbons (Fsp3) is 0.308. The SMILES string of the molecule is COc1cc(C=C(C#N)C(=O)Nc2nnc(C(C)C)s2)cc(Cl)c1OCCOc1c(C)cccc1C. The standard InChI is InChI=1S/C26H27ClN4O4S/c1-15(2)25-30-31-26(36-25)29-24(32)19(14-28)11-18-12-20(27)23(21(13-18)33-5)35-10-9-34-22-16(3)7-6-8-17(22)4/h6-8,11-13,15H,9-10H2,1-5H3,(H,29,31,32). The van der Waals surface area contributed by atoms with Gasteiger partial charge in [-0.25, -0.2) is 0 Å². The number of aryl methyl sites for hydroxylation is 2. The van der Waals surface area contributed by atoms with Crippen molar-refractivity contribution in [1.82, 2.24) is 10.2 Å². The molecule has 0 aliphatic rings. The summed E-state index contributed by atoms with van der Waals surface area (Å²) < 4.78 is 17.1. The number of nitrogens with one attached hydrogen (secondary N) is 1. The quantitative estimate of drug-likeness (QED) is 0.198. The van der Waals surface area contributed by atoms with Crippen LogP contribution in [-0.2, 0) is 4.79 Å². The van der Waals surface area contributed by atoms with Crippen LogP contribution < -0.4 is 19.5 Å². The number of rotatable bonds is 10. The summed E-state index contributed by atoms with van der Waals surface area (Å²) in [6, 6.07) is 11.1. The first-order valence-electron chi connectivity index (χ1n) is 11.2. The molecule has 2 aromatic carbocycles. The van der Waals surface area contributed by atoms with E-state index in [-0.39, 0.29) is 23.1 Å². The number of halogens is 1. The lowest BCUT2D eigenvalue weighted by Gasteiger charge is -2.15. The van der Waals surface area contributed by atoms with E-state index in [2.05, 4.69) is 15.5 Å². The predicted molar refractivity (Wildman–Crippen MR) is 141 cm³/mol. The third-order valence-corrected chi connectivity index (χ3v) is 6.49. The highest BCUT2D eigenvalue weighted by molar-refractivity contribution is 7.15. The van der Waals surface area contributed by atoms with Gasteiger partial charge in [0.25, 0.3) is 5.91 Å². The number of aromatic nitrogens is 2. The van der Waals surface area contributed by atoms with Gasteiger partial charge in [-0.05, 0) is 48.7 Å². The van der Waals surface area contributed by atoms with Gasteiger partial charge < -0.3 is 14.2 Å². The number of ether oxygens (including phenoxy) is 3. The van der Waals surface area contributed by atoms with Crippen LogP contribution in [0.25, 0.3) is 6.08 Å². The summed E-state index contributed by atoms with van der Waals surface area (Å²) in [7, 11) is 1.49. The highest BCUT2D eigenvalue weighted by atomic mass is 35.5. The second kappa shape index (κ2) is 12.4. The van der Waals surface area contributed by atoms with Crippen molar-refractivity contribution in [2.45, 2.75) is 33.6 Å². The first-order chi connectivity index (χ1) is 17.2. The molecule has 188 valence electrons. The summed E-state index contributed by atoms with van der Waals surface area (Å²) in [5, 5.41) is 21.5. The van der Waals surface area contributed by atoms with Crippen molar-refractivity contribution in [2.24, 2.45) is 0 Å². The Balaban J connectivity index is 1.70. The highest BCUT2D eigenvalue weighted by Crippen LogP contribution is 2.37. The van der Waals surface area contributed by atoms with Gasteiger partial charge >= 0.3 is 0 Å². The van der Waals surface area contributed by atoms with Gasteiger partial charge in [0.1, 0.15) is 35.6 Å². The molecule has 1 amide bonds. The second-order valence-corrected chi connectivity index (χ2v) is 9.59. The number of hydrogen-bond donors (Lipinski definition) is 1. The summed E-state index contributed by atoms with van der Waals surface area (Å²) >= 11 is 7.72. The molecule has 0 fully saturated rings. The minimum absolute atomic E-state index is 0.120. The fourth-order valence-electron chi connectivity index (χ4n) is 3.28. The van der Waals surface area contributed by atoms with Crippen LogP contribution in [-0.4, -0.2) is 36.4 Å². The number of carbonyl (C=O) groups is 1. The maximum atomic E-state index is 12.6. The molecule has 0 radical (unpaired) electrons. The van der Waals surface area contributed by atoms with Crippen molar-refractivity contribution in [2.75, 3.05) is 25.6 Å². The van der Waals surface area contributed by atoms with Gasteiger partial charge in [0.05, 0.1) is 12.1 Å². The molecular formula is C26H27ClN4O4S. The number of anilines is 1. The van der Waals surface area contributed by atoms with Crippen LogP contribution in [0.1, 0.15) is 41.5 Å². The molecule has 0 atom stereocenters. The van der Waals surface area contributed by atoms with E-state index < -0.39 is 5.91 Å². The van der Waals surface area contributed by atoms with Crippen molar-refractivity contribution in [3.05, 3.63) is 62.6 Å². The molecule has 0 saturated carbocycles. The van der Waals surface area contributed by atoms with E-state index in [0.29, 0.717) is 28.8 Å². The van der Waals surface area contributed by atoms with Crippen LogP contribution in [0, 0.1) is 25.2 Å². The van der Waals surface area contributed by atoms with E-state index in [1.807, 2.05) is 52.0 Å². The number of methoxy groups -OCH3 is 1. The Hall–Kier alpha value is -3.61. The molecule has 0 saturated heterocycles. The third kappa shape index (κ3) is 6.74.